The van der Waals surface area contributed by atoms with Crippen molar-refractivity contribution in [3.8, 4) is 5.88 Å². The number of aromatic amines is 1. The van der Waals surface area contributed by atoms with E-state index in [4.69, 9.17) is 10.5 Å². The number of nitrogens with one attached hydrogen (secondary N) is 1. The third-order valence-corrected chi connectivity index (χ3v) is 5.70. The summed E-state index contributed by atoms with van der Waals surface area (Å²) in [7, 11) is 0. The maximum atomic E-state index is 12.5. The number of H-pyrrole nitrogens is 1. The van der Waals surface area contributed by atoms with Gasteiger partial charge >= 0.3 is 0 Å². The number of piperidine rings is 1. The van der Waals surface area contributed by atoms with Crippen LogP contribution in [0.25, 0.3) is 11.2 Å². The van der Waals surface area contributed by atoms with E-state index in [-0.39, 0.29) is 18.0 Å². The summed E-state index contributed by atoms with van der Waals surface area (Å²) in [6, 6.07) is 3.81. The number of pyridine rings is 1. The molecule has 0 spiro atoms. The van der Waals surface area contributed by atoms with Crippen LogP contribution in [0.15, 0.2) is 24.7 Å². The smallest absolute Gasteiger partial charge is 0.255 e. The van der Waals surface area contributed by atoms with E-state index < -0.39 is 0 Å². The van der Waals surface area contributed by atoms with Crippen molar-refractivity contribution >= 4 is 28.8 Å². The molecule has 2 saturated heterocycles. The number of ether oxygens (including phenoxy) is 1. The van der Waals surface area contributed by atoms with Crippen LogP contribution >= 0.6 is 0 Å². The van der Waals surface area contributed by atoms with E-state index in [1.54, 1.807) is 12.5 Å². The number of carbonyl (C=O) groups excluding carboxylic acids is 1. The van der Waals surface area contributed by atoms with Crippen molar-refractivity contribution in [2.45, 2.75) is 31.8 Å². The predicted molar refractivity (Wildman–Crippen MR) is 111 cm³/mol. The molecule has 156 valence electrons. The highest BCUT2D eigenvalue weighted by Crippen LogP contribution is 2.25. The minimum atomic E-state index is 0.0260. The Balaban J connectivity index is 1.20. The third kappa shape index (κ3) is 3.60. The number of nitrogen functional groups attached to an aromatic ring is 1. The van der Waals surface area contributed by atoms with Gasteiger partial charge in [0.1, 0.15) is 17.4 Å². The highest BCUT2D eigenvalue weighted by Gasteiger charge is 2.24. The van der Waals surface area contributed by atoms with Gasteiger partial charge in [0.2, 0.25) is 11.8 Å². The Hall–Kier alpha value is -3.43. The van der Waals surface area contributed by atoms with Crippen LogP contribution in [0, 0.1) is 0 Å². The first-order chi connectivity index (χ1) is 14.7. The molecule has 10 heteroatoms. The molecule has 2 fully saturated rings. The molecule has 0 atom stereocenters. The molecule has 5 heterocycles. The van der Waals surface area contributed by atoms with Crippen molar-refractivity contribution in [1.29, 1.82) is 0 Å². The van der Waals surface area contributed by atoms with Gasteiger partial charge in [-0.15, -0.1) is 0 Å². The summed E-state index contributed by atoms with van der Waals surface area (Å²) in [6.45, 7) is 3.31. The molecule has 1 amide bonds. The number of fused-ring (bicyclic) bond motifs is 1. The van der Waals surface area contributed by atoms with E-state index in [1.165, 1.54) is 0 Å². The largest absolute Gasteiger partial charge is 0.473 e. The summed E-state index contributed by atoms with van der Waals surface area (Å²) in [4.78, 5) is 36.6. The van der Waals surface area contributed by atoms with Crippen molar-refractivity contribution in [3.05, 3.63) is 30.2 Å². The molecule has 3 N–H and O–H groups in total. The van der Waals surface area contributed by atoms with Gasteiger partial charge < -0.3 is 25.3 Å². The van der Waals surface area contributed by atoms with Gasteiger partial charge in [-0.1, -0.05) is 0 Å². The maximum Gasteiger partial charge on any atom is 0.255 e. The van der Waals surface area contributed by atoms with Crippen molar-refractivity contribution in [2.75, 3.05) is 36.8 Å². The Labute approximate surface area is 173 Å². The normalized spacial score (nSPS) is 17.6. The molecule has 3 aromatic rings. The van der Waals surface area contributed by atoms with Crippen LogP contribution in [0.3, 0.4) is 0 Å². The molecule has 30 heavy (non-hydrogen) atoms. The van der Waals surface area contributed by atoms with Gasteiger partial charge in [0.15, 0.2) is 5.65 Å². The average molecular weight is 408 g/mol. The fraction of sp³-hybridized carbons (Fsp3) is 0.450. The van der Waals surface area contributed by atoms with E-state index in [0.717, 1.165) is 57.7 Å². The Morgan fingerprint density at radius 2 is 1.90 bits per heavy atom. The minimum absolute atomic E-state index is 0.0260. The first-order valence-electron chi connectivity index (χ1n) is 10.3. The lowest BCUT2D eigenvalue weighted by Crippen LogP contribution is -2.39. The maximum absolute atomic E-state index is 12.5. The molecule has 2 aliphatic heterocycles. The zero-order valence-electron chi connectivity index (χ0n) is 16.6. The summed E-state index contributed by atoms with van der Waals surface area (Å²) in [6.07, 6.45) is 7.10. The third-order valence-electron chi connectivity index (χ3n) is 5.70. The zero-order valence-corrected chi connectivity index (χ0v) is 16.6. The van der Waals surface area contributed by atoms with Gasteiger partial charge in [-0.2, -0.15) is 9.97 Å². The number of imidazole rings is 1. The number of nitrogens with zero attached hydrogens (tertiary/aromatic N) is 6. The molecule has 10 nitrogen and oxygen atoms in total. The summed E-state index contributed by atoms with van der Waals surface area (Å²) < 4.78 is 6.10. The Bertz CT molecular complexity index is 1040. The van der Waals surface area contributed by atoms with Crippen molar-refractivity contribution in [3.63, 3.8) is 0 Å². The number of aromatic nitrogens is 5. The first-order valence-corrected chi connectivity index (χ1v) is 10.3. The number of nitrogens with two attached hydrogens (primary N) is 1. The number of anilines is 2. The van der Waals surface area contributed by atoms with Crippen LogP contribution in [-0.2, 0) is 0 Å². The molecule has 2 aliphatic rings. The van der Waals surface area contributed by atoms with Gasteiger partial charge in [0.25, 0.3) is 5.91 Å². The van der Waals surface area contributed by atoms with Crippen LogP contribution in [0.4, 0.5) is 11.8 Å². The first kappa shape index (κ1) is 18.6. The van der Waals surface area contributed by atoms with E-state index in [0.29, 0.717) is 22.6 Å². The zero-order chi connectivity index (χ0) is 20.5. The highest BCUT2D eigenvalue weighted by molar-refractivity contribution is 5.94. The second-order valence-corrected chi connectivity index (χ2v) is 7.70. The SMILES string of the molecule is Nc1nc(OC2CCN(c3ccc(C(=O)N4CCCC4)cn3)CC2)c2[nH]cnc2n1. The van der Waals surface area contributed by atoms with Crippen LogP contribution in [0.5, 0.6) is 5.88 Å². The molecular weight excluding hydrogens is 384 g/mol. The Kier molecular flexibility index (Phi) is 4.82. The van der Waals surface area contributed by atoms with E-state index in [9.17, 15) is 4.79 Å². The van der Waals surface area contributed by atoms with Crippen LogP contribution in [-0.4, -0.2) is 68.0 Å². The highest BCUT2D eigenvalue weighted by atomic mass is 16.5. The van der Waals surface area contributed by atoms with Gasteiger partial charge in [0.05, 0.1) is 11.9 Å². The summed E-state index contributed by atoms with van der Waals surface area (Å²) >= 11 is 0. The molecule has 0 saturated carbocycles. The molecule has 0 aliphatic carbocycles. The monoisotopic (exact) mass is 408 g/mol. The molecular formula is C20H24N8O2. The van der Waals surface area contributed by atoms with Gasteiger partial charge in [-0.05, 0) is 25.0 Å². The lowest BCUT2D eigenvalue weighted by atomic mass is 10.1. The van der Waals surface area contributed by atoms with Crippen molar-refractivity contribution in [2.24, 2.45) is 0 Å². The fourth-order valence-electron chi connectivity index (χ4n) is 4.07. The van der Waals surface area contributed by atoms with E-state index in [2.05, 4.69) is 29.8 Å². The van der Waals surface area contributed by atoms with Gasteiger partial charge in [0, 0.05) is 45.2 Å². The Morgan fingerprint density at radius 3 is 2.63 bits per heavy atom. The summed E-state index contributed by atoms with van der Waals surface area (Å²) in [5, 5.41) is 0. The number of amides is 1. The van der Waals surface area contributed by atoms with E-state index >= 15 is 0 Å². The van der Waals surface area contributed by atoms with Gasteiger partial charge in [-0.25, -0.2) is 9.97 Å². The average Bonchev–Trinajstić information content (AvgIpc) is 3.46. The summed E-state index contributed by atoms with van der Waals surface area (Å²) in [5.74, 6) is 1.55. The fourth-order valence-corrected chi connectivity index (χ4v) is 4.07. The van der Waals surface area contributed by atoms with Crippen molar-refractivity contribution in [1.82, 2.24) is 29.8 Å². The lowest BCUT2D eigenvalue weighted by molar-refractivity contribution is 0.0792. The number of rotatable bonds is 4. The minimum Gasteiger partial charge on any atom is -0.473 e. The number of hydrogen-bond donors (Lipinski definition) is 2. The standard InChI is InChI=1S/C20H24N8O2/c21-20-25-17-16(23-12-24-17)18(26-20)30-14-5-9-27(10-6-14)15-4-3-13(11-22-15)19(29)28-7-1-2-8-28/h3-4,11-12,14H,1-2,5-10H2,(H3,21,23,24,25,26). The van der Waals surface area contributed by atoms with Crippen molar-refractivity contribution < 1.29 is 9.53 Å². The number of likely N-dealkylation sites (tertiary alicyclic amines) is 1. The second kappa shape index (κ2) is 7.77. The Morgan fingerprint density at radius 1 is 1.10 bits per heavy atom. The van der Waals surface area contributed by atoms with Crippen LogP contribution in [0.2, 0.25) is 0 Å². The molecule has 0 aromatic carbocycles. The van der Waals surface area contributed by atoms with Gasteiger partial charge in [-0.3, -0.25) is 4.79 Å². The molecule has 0 radical (unpaired) electrons. The summed E-state index contributed by atoms with van der Waals surface area (Å²) in [5.41, 5.74) is 7.58. The molecule has 0 unspecified atom stereocenters. The molecule has 5 rings (SSSR count). The predicted octanol–water partition coefficient (Wildman–Crippen LogP) is 1.61. The van der Waals surface area contributed by atoms with E-state index in [1.807, 2.05) is 17.0 Å². The lowest BCUT2D eigenvalue weighted by Gasteiger charge is -2.32. The van der Waals surface area contributed by atoms with Crippen LogP contribution < -0.4 is 15.4 Å². The number of carbonyl (C=O) groups is 1. The second-order valence-electron chi connectivity index (χ2n) is 7.70. The number of hydrogen-bond acceptors (Lipinski definition) is 8. The van der Waals surface area contributed by atoms with Crippen LogP contribution in [0.1, 0.15) is 36.0 Å². The molecule has 3 aromatic heterocycles. The topological polar surface area (TPSA) is 126 Å². The quantitative estimate of drug-likeness (QED) is 0.667. The molecule has 0 bridgehead atoms.